The first kappa shape index (κ1) is 46.1. The predicted octanol–water partition coefficient (Wildman–Crippen LogP) is 4.40. The van der Waals surface area contributed by atoms with Crippen LogP contribution in [0.2, 0.25) is 0 Å². The van der Waals surface area contributed by atoms with Gasteiger partial charge in [0.2, 0.25) is 11.8 Å². The van der Waals surface area contributed by atoms with Crippen LogP contribution >= 0.6 is 11.8 Å². The fraction of sp³-hybridized carbons (Fsp3) is 0.468. The minimum atomic E-state index is -2.27. The third-order valence-electron chi connectivity index (χ3n) is 13.0. The van der Waals surface area contributed by atoms with E-state index in [2.05, 4.69) is 45.8 Å². The van der Waals surface area contributed by atoms with Crippen LogP contribution in [0, 0.1) is 11.6 Å². The molecule has 0 bridgehead atoms. The van der Waals surface area contributed by atoms with E-state index in [1.165, 1.54) is 50.9 Å². The van der Waals surface area contributed by atoms with Crippen LogP contribution in [0.15, 0.2) is 59.9 Å². The molecule has 10 rings (SSSR count). The van der Waals surface area contributed by atoms with E-state index in [-0.39, 0.29) is 71.2 Å². The van der Waals surface area contributed by atoms with Gasteiger partial charge in [-0.3, -0.25) is 4.98 Å². The number of hydrogen-bond donors (Lipinski definition) is 4. The van der Waals surface area contributed by atoms with Gasteiger partial charge in [-0.25, -0.2) is 28.7 Å². The molecule has 4 aliphatic heterocycles. The fourth-order valence-corrected chi connectivity index (χ4v) is 10.4. The molecule has 358 valence electrons. The highest BCUT2D eigenvalue weighted by Crippen LogP contribution is 2.47. The van der Waals surface area contributed by atoms with Gasteiger partial charge in [0, 0.05) is 60.5 Å². The largest absolute Gasteiger partial charge is 0.490 e. The van der Waals surface area contributed by atoms with Crippen LogP contribution in [-0.2, 0) is 29.0 Å². The van der Waals surface area contributed by atoms with E-state index in [0.717, 1.165) is 22.1 Å². The van der Waals surface area contributed by atoms with E-state index in [9.17, 15) is 10.2 Å². The topological polar surface area (TPSA) is 219 Å². The van der Waals surface area contributed by atoms with Gasteiger partial charge in [0.05, 0.1) is 109 Å². The van der Waals surface area contributed by atoms with Crippen molar-refractivity contribution in [3.05, 3.63) is 89.1 Å². The smallest absolute Gasteiger partial charge is 0.276 e. The van der Waals surface area contributed by atoms with Crippen molar-refractivity contribution in [1.29, 1.82) is 0 Å². The Morgan fingerprint density at radius 1 is 0.765 bits per heavy atom. The Morgan fingerprint density at radius 2 is 1.46 bits per heavy atom. The van der Waals surface area contributed by atoms with Crippen molar-refractivity contribution in [3.63, 3.8) is 0 Å². The summed E-state index contributed by atoms with van der Waals surface area (Å²) in [6.07, 6.45) is 1.97. The number of nitrogens with one attached hydrogen (secondary N) is 2. The lowest BCUT2D eigenvalue weighted by Crippen LogP contribution is -2.59. The Balaban J connectivity index is 0.987. The van der Waals surface area contributed by atoms with E-state index >= 15 is 8.78 Å². The summed E-state index contributed by atoms with van der Waals surface area (Å²) in [5.41, 5.74) is -0.224. The molecule has 0 spiro atoms. The fourth-order valence-electron chi connectivity index (χ4n) is 9.52. The summed E-state index contributed by atoms with van der Waals surface area (Å²) in [6, 6.07) is 8.86. The first-order valence-corrected chi connectivity index (χ1v) is 23.6. The number of nitrogens with zero attached hydrogens (tertiary/aromatic N) is 7. The third-order valence-corrected chi connectivity index (χ3v) is 14.0. The van der Waals surface area contributed by atoms with Crippen molar-refractivity contribution in [2.75, 3.05) is 53.0 Å². The van der Waals surface area contributed by atoms with Gasteiger partial charge >= 0.3 is 0 Å². The molecule has 0 saturated carbocycles. The highest BCUT2D eigenvalue weighted by molar-refractivity contribution is 7.99. The molecule has 2 fully saturated rings. The summed E-state index contributed by atoms with van der Waals surface area (Å²) < 4.78 is 74.5. The lowest BCUT2D eigenvalue weighted by Gasteiger charge is -2.48. The van der Waals surface area contributed by atoms with Crippen molar-refractivity contribution >= 4 is 33.8 Å². The van der Waals surface area contributed by atoms with Gasteiger partial charge in [-0.1, -0.05) is 0 Å². The Labute approximate surface area is 393 Å². The van der Waals surface area contributed by atoms with E-state index in [0.29, 0.717) is 75.0 Å². The molecule has 0 aliphatic carbocycles. The average Bonchev–Trinajstić information content (AvgIpc) is 3.38. The number of aromatic nitrogens is 7. The van der Waals surface area contributed by atoms with Crippen LogP contribution in [0.25, 0.3) is 22.1 Å². The number of thioether (sulfide) groups is 1. The van der Waals surface area contributed by atoms with Crippen LogP contribution in [0.4, 0.5) is 8.78 Å². The Hall–Kier alpha value is -5.68. The maximum atomic E-state index is 17.1. The third kappa shape index (κ3) is 9.52. The van der Waals surface area contributed by atoms with E-state index in [1.54, 1.807) is 24.0 Å². The number of hydrogen-bond acceptors (Lipinski definition) is 19. The zero-order chi connectivity index (χ0) is 46.8. The molecule has 18 nitrogen and oxygen atoms in total. The van der Waals surface area contributed by atoms with Crippen molar-refractivity contribution in [1.82, 2.24) is 45.8 Å². The van der Waals surface area contributed by atoms with Crippen molar-refractivity contribution < 1.29 is 52.2 Å². The maximum Gasteiger partial charge on any atom is 0.276 e. The standard InChI is InChI=1S/C47H51F2N9O9S/c1-61-39-21-53-32-7-5-30(48)29(43(32)55-39)17-47(60,38-10-4-26(24-67-38)51-19-28-15-35-46(58-57-28)65-12-11-63-35)42(41-31(49)6-8-33-44(41)56-40(62-2)22-54-33)45(59)34-9-3-25(23-66-34)50-18-27-16-37-36(20-52-27)64-13-14-68-37/h5-8,15-16,20-22,25-26,34,38,42,45,50-51,59-60H,3-4,9-14,17-19,23-24H2,1-2H3/t25-,26-,34+,38+,42?,45?,47+/m1/s1. The van der Waals surface area contributed by atoms with Crippen LogP contribution in [0.3, 0.4) is 0 Å². The summed E-state index contributed by atoms with van der Waals surface area (Å²) in [6.45, 7) is 2.52. The molecular formula is C47H51F2N9O9S. The number of benzene rings is 2. The summed E-state index contributed by atoms with van der Waals surface area (Å²) in [5.74, 6) is -0.358. The van der Waals surface area contributed by atoms with Gasteiger partial charge < -0.3 is 54.0 Å². The van der Waals surface area contributed by atoms with Crippen LogP contribution < -0.4 is 34.3 Å². The van der Waals surface area contributed by atoms with Gasteiger partial charge in [-0.2, -0.15) is 5.10 Å². The second-order valence-corrected chi connectivity index (χ2v) is 18.3. The normalized spacial score (nSPS) is 22.1. The molecular weight excluding hydrogens is 905 g/mol. The maximum absolute atomic E-state index is 17.1. The Morgan fingerprint density at radius 3 is 2.19 bits per heavy atom. The molecule has 2 saturated heterocycles. The molecule has 2 unspecified atom stereocenters. The number of pyridine rings is 1. The number of aliphatic hydroxyl groups excluding tert-OH is 1. The van der Waals surface area contributed by atoms with Gasteiger partial charge in [-0.05, 0) is 56.0 Å². The Bertz CT molecular complexity index is 2770. The summed E-state index contributed by atoms with van der Waals surface area (Å²) in [5, 5.41) is 42.2. The summed E-state index contributed by atoms with van der Waals surface area (Å²) in [4.78, 5) is 23.8. The molecule has 4 aliphatic rings. The SMILES string of the molecule is COc1cnc2ccc(F)c(C[C@@](O)(C(c3c(F)ccc4ncc(OC)nc34)C(O)[C@@H]3CC[C@@H](NCc4cc5c(cn4)OCCS5)CO3)[C@@H]3CC[C@@H](NCc4cc5c(nn4)OCCO5)CO3)c2n1. The molecule has 4 N–H and O–H groups in total. The average molecular weight is 956 g/mol. The summed E-state index contributed by atoms with van der Waals surface area (Å²) in [7, 11) is 2.83. The number of fused-ring (bicyclic) bond motifs is 4. The minimum absolute atomic E-state index is 0.0338. The molecule has 2 aromatic carbocycles. The van der Waals surface area contributed by atoms with Crippen LogP contribution in [0.1, 0.15) is 54.1 Å². The summed E-state index contributed by atoms with van der Waals surface area (Å²) >= 11 is 1.73. The Kier molecular flexibility index (Phi) is 13.6. The highest BCUT2D eigenvalue weighted by atomic mass is 32.2. The number of halogens is 2. The zero-order valence-electron chi connectivity index (χ0n) is 37.4. The second-order valence-electron chi connectivity index (χ2n) is 17.2. The lowest BCUT2D eigenvalue weighted by atomic mass is 9.68. The predicted molar refractivity (Wildman–Crippen MR) is 242 cm³/mol. The van der Waals surface area contributed by atoms with E-state index < -0.39 is 47.9 Å². The van der Waals surface area contributed by atoms with Gasteiger partial charge in [0.15, 0.2) is 11.5 Å². The second kappa shape index (κ2) is 20.1. The molecule has 0 radical (unpaired) electrons. The van der Waals surface area contributed by atoms with Gasteiger partial charge in [0.1, 0.15) is 30.4 Å². The first-order chi connectivity index (χ1) is 33.2. The van der Waals surface area contributed by atoms with Crippen LogP contribution in [0.5, 0.6) is 29.1 Å². The lowest BCUT2D eigenvalue weighted by molar-refractivity contribution is -0.177. The molecule has 21 heteroatoms. The monoisotopic (exact) mass is 955 g/mol. The van der Waals surface area contributed by atoms with Gasteiger partial charge in [-0.15, -0.1) is 16.9 Å². The number of methoxy groups -OCH3 is 2. The van der Waals surface area contributed by atoms with Crippen molar-refractivity contribution in [2.24, 2.45) is 0 Å². The number of ether oxygens (including phenoxy) is 7. The quantitative estimate of drug-likeness (QED) is 0.112. The van der Waals surface area contributed by atoms with E-state index in [1.807, 2.05) is 6.07 Å². The zero-order valence-corrected chi connectivity index (χ0v) is 38.2. The molecule has 7 atom stereocenters. The highest BCUT2D eigenvalue weighted by Gasteiger charge is 2.54. The number of rotatable bonds is 15. The number of aliphatic hydroxyl groups is 2. The minimum Gasteiger partial charge on any atom is -0.490 e. The molecule has 6 aromatic rings. The van der Waals surface area contributed by atoms with Crippen molar-refractivity contribution in [2.45, 2.75) is 92.0 Å². The van der Waals surface area contributed by atoms with Crippen molar-refractivity contribution in [3.8, 4) is 29.1 Å². The van der Waals surface area contributed by atoms with Gasteiger partial charge in [0.25, 0.3) is 5.88 Å². The molecule has 4 aromatic heterocycles. The molecule has 8 heterocycles. The molecule has 68 heavy (non-hydrogen) atoms. The van der Waals surface area contributed by atoms with Crippen LogP contribution in [-0.4, -0.2) is 134 Å². The first-order valence-electron chi connectivity index (χ1n) is 22.6. The molecule has 0 amide bonds. The van der Waals surface area contributed by atoms with E-state index in [4.69, 9.17) is 33.2 Å².